The average Bonchev–Trinajstić information content (AvgIpc) is 2.75. The zero-order chi connectivity index (χ0) is 11.8. The summed E-state index contributed by atoms with van der Waals surface area (Å²) >= 11 is 0. The highest BCUT2D eigenvalue weighted by Gasteiger charge is 2.26. The minimum atomic E-state index is -0.244. The Morgan fingerprint density at radius 3 is 3.06 bits per heavy atom. The third-order valence-electron chi connectivity index (χ3n) is 3.29. The Morgan fingerprint density at radius 2 is 2.24 bits per heavy atom. The minimum Gasteiger partial charge on any atom is -0.357 e. The fourth-order valence-electron chi connectivity index (χ4n) is 2.43. The van der Waals surface area contributed by atoms with Crippen LogP contribution in [0.2, 0.25) is 0 Å². The number of fused-ring (bicyclic) bond motifs is 3. The summed E-state index contributed by atoms with van der Waals surface area (Å²) in [5.74, 6) is 5.00. The van der Waals surface area contributed by atoms with Gasteiger partial charge in [0.15, 0.2) is 0 Å². The molecule has 17 heavy (non-hydrogen) atoms. The van der Waals surface area contributed by atoms with Gasteiger partial charge in [0.1, 0.15) is 0 Å². The zero-order valence-electron chi connectivity index (χ0n) is 9.29. The van der Waals surface area contributed by atoms with Crippen molar-refractivity contribution in [2.24, 2.45) is 5.84 Å². The Labute approximate surface area is 98.3 Å². The predicted molar refractivity (Wildman–Crippen MR) is 65.0 cm³/mol. The summed E-state index contributed by atoms with van der Waals surface area (Å²) in [4.78, 5) is 14.9. The summed E-state index contributed by atoms with van der Waals surface area (Å²) in [6.07, 6.45) is 0.669. The molecule has 1 unspecified atom stereocenters. The van der Waals surface area contributed by atoms with E-state index >= 15 is 0 Å². The SMILES string of the molecule is NNC(=O)C1Cc2c([nH]c3ccccc23)CN1. The predicted octanol–water partition coefficient (Wildman–Crippen LogP) is 0.172. The van der Waals surface area contributed by atoms with Crippen LogP contribution in [-0.2, 0) is 17.8 Å². The molecular weight excluding hydrogens is 216 g/mol. The summed E-state index contributed by atoms with van der Waals surface area (Å²) in [7, 11) is 0. The molecule has 2 aromatic rings. The van der Waals surface area contributed by atoms with Gasteiger partial charge in [-0.25, -0.2) is 5.84 Å². The molecule has 88 valence electrons. The van der Waals surface area contributed by atoms with E-state index in [1.807, 2.05) is 18.2 Å². The summed E-state index contributed by atoms with van der Waals surface area (Å²) in [5.41, 5.74) is 5.69. The lowest BCUT2D eigenvalue weighted by Crippen LogP contribution is -2.49. The summed E-state index contributed by atoms with van der Waals surface area (Å²) in [6, 6.07) is 7.89. The smallest absolute Gasteiger partial charge is 0.251 e. The number of hydrogen-bond donors (Lipinski definition) is 4. The second-order valence-electron chi connectivity index (χ2n) is 4.27. The third kappa shape index (κ3) is 1.60. The molecule has 2 heterocycles. The number of hydrazine groups is 1. The summed E-state index contributed by atoms with van der Waals surface area (Å²) < 4.78 is 0. The fraction of sp³-hybridized carbons (Fsp3) is 0.250. The van der Waals surface area contributed by atoms with Gasteiger partial charge in [-0.3, -0.25) is 15.5 Å². The molecule has 0 fully saturated rings. The number of carbonyl (C=O) groups excluding carboxylic acids is 1. The van der Waals surface area contributed by atoms with E-state index in [4.69, 9.17) is 5.84 Å². The van der Waals surface area contributed by atoms with Gasteiger partial charge in [-0.2, -0.15) is 0 Å². The quantitative estimate of drug-likeness (QED) is 0.320. The van der Waals surface area contributed by atoms with Gasteiger partial charge in [-0.15, -0.1) is 0 Å². The number of amides is 1. The number of hydrogen-bond acceptors (Lipinski definition) is 3. The van der Waals surface area contributed by atoms with Crippen molar-refractivity contribution in [2.45, 2.75) is 19.0 Å². The highest BCUT2D eigenvalue weighted by atomic mass is 16.2. The van der Waals surface area contributed by atoms with E-state index < -0.39 is 0 Å². The van der Waals surface area contributed by atoms with Crippen LogP contribution in [0.1, 0.15) is 11.3 Å². The number of aromatic nitrogens is 1. The lowest BCUT2D eigenvalue weighted by molar-refractivity contribution is -0.123. The first kappa shape index (κ1) is 10.3. The molecule has 1 aromatic carbocycles. The van der Waals surface area contributed by atoms with E-state index in [-0.39, 0.29) is 11.9 Å². The van der Waals surface area contributed by atoms with E-state index in [0.29, 0.717) is 13.0 Å². The second-order valence-corrected chi connectivity index (χ2v) is 4.27. The van der Waals surface area contributed by atoms with E-state index in [1.54, 1.807) is 0 Å². The Bertz CT molecular complexity index is 575. The van der Waals surface area contributed by atoms with Crippen molar-refractivity contribution >= 4 is 16.8 Å². The number of rotatable bonds is 1. The molecule has 1 aromatic heterocycles. The van der Waals surface area contributed by atoms with Crippen LogP contribution in [0.3, 0.4) is 0 Å². The molecule has 1 aliphatic heterocycles. The van der Waals surface area contributed by atoms with E-state index in [0.717, 1.165) is 11.2 Å². The lowest BCUT2D eigenvalue weighted by atomic mass is 9.98. The number of carbonyl (C=O) groups is 1. The van der Waals surface area contributed by atoms with Gasteiger partial charge in [0.05, 0.1) is 6.04 Å². The van der Waals surface area contributed by atoms with Crippen molar-refractivity contribution in [2.75, 3.05) is 0 Å². The number of nitrogens with two attached hydrogens (primary N) is 1. The maximum atomic E-state index is 11.5. The van der Waals surface area contributed by atoms with Crippen molar-refractivity contribution in [1.82, 2.24) is 15.7 Å². The first-order valence-electron chi connectivity index (χ1n) is 5.62. The first-order chi connectivity index (χ1) is 8.29. The van der Waals surface area contributed by atoms with Gasteiger partial charge < -0.3 is 4.98 Å². The van der Waals surface area contributed by atoms with E-state index in [9.17, 15) is 4.79 Å². The van der Waals surface area contributed by atoms with Crippen molar-refractivity contribution in [3.05, 3.63) is 35.5 Å². The van der Waals surface area contributed by atoms with Gasteiger partial charge in [-0.1, -0.05) is 18.2 Å². The van der Waals surface area contributed by atoms with Crippen LogP contribution in [0.15, 0.2) is 24.3 Å². The van der Waals surface area contributed by atoms with Gasteiger partial charge in [0.2, 0.25) is 0 Å². The molecule has 0 saturated carbocycles. The Morgan fingerprint density at radius 1 is 1.41 bits per heavy atom. The largest absolute Gasteiger partial charge is 0.357 e. The molecule has 3 rings (SSSR count). The molecule has 1 amide bonds. The molecule has 5 nitrogen and oxygen atoms in total. The van der Waals surface area contributed by atoms with Crippen LogP contribution in [0.4, 0.5) is 0 Å². The number of para-hydroxylation sites is 1. The van der Waals surface area contributed by atoms with Crippen LogP contribution >= 0.6 is 0 Å². The molecule has 0 saturated heterocycles. The minimum absolute atomic E-state index is 0.166. The first-order valence-corrected chi connectivity index (χ1v) is 5.62. The van der Waals surface area contributed by atoms with Crippen molar-refractivity contribution in [3.8, 4) is 0 Å². The van der Waals surface area contributed by atoms with Crippen LogP contribution < -0.4 is 16.6 Å². The van der Waals surface area contributed by atoms with E-state index in [2.05, 4.69) is 21.8 Å². The lowest BCUT2D eigenvalue weighted by Gasteiger charge is -2.22. The Kier molecular flexibility index (Phi) is 2.35. The van der Waals surface area contributed by atoms with Crippen LogP contribution in [-0.4, -0.2) is 16.9 Å². The Balaban J connectivity index is 2.03. The topological polar surface area (TPSA) is 82.9 Å². The van der Waals surface area contributed by atoms with Gasteiger partial charge in [0.25, 0.3) is 5.91 Å². The average molecular weight is 230 g/mol. The molecule has 1 aliphatic rings. The number of benzene rings is 1. The fourth-order valence-corrected chi connectivity index (χ4v) is 2.43. The van der Waals surface area contributed by atoms with Crippen molar-refractivity contribution < 1.29 is 4.79 Å². The Hall–Kier alpha value is -1.85. The van der Waals surface area contributed by atoms with Crippen molar-refractivity contribution in [3.63, 3.8) is 0 Å². The molecule has 0 bridgehead atoms. The van der Waals surface area contributed by atoms with Gasteiger partial charge >= 0.3 is 0 Å². The molecule has 0 spiro atoms. The molecule has 5 heteroatoms. The summed E-state index contributed by atoms with van der Waals surface area (Å²) in [5, 5.41) is 4.36. The molecule has 0 aliphatic carbocycles. The molecular formula is C12H14N4O. The number of aromatic amines is 1. The van der Waals surface area contributed by atoms with Gasteiger partial charge in [-0.05, 0) is 18.1 Å². The molecule has 5 N–H and O–H groups in total. The van der Waals surface area contributed by atoms with Crippen LogP contribution in [0, 0.1) is 0 Å². The van der Waals surface area contributed by atoms with E-state index in [1.165, 1.54) is 10.9 Å². The standard InChI is InChI=1S/C12H14N4O/c13-16-12(17)10-5-8-7-3-1-2-4-9(7)15-11(8)6-14-10/h1-4,10,14-15H,5-6,13H2,(H,16,17). The maximum absolute atomic E-state index is 11.5. The zero-order valence-corrected chi connectivity index (χ0v) is 9.29. The highest BCUT2D eigenvalue weighted by molar-refractivity contribution is 5.87. The third-order valence-corrected chi connectivity index (χ3v) is 3.29. The molecule has 0 radical (unpaired) electrons. The van der Waals surface area contributed by atoms with Crippen molar-refractivity contribution in [1.29, 1.82) is 0 Å². The second kappa shape index (κ2) is 3.87. The molecule has 1 atom stereocenters. The summed E-state index contributed by atoms with van der Waals surface area (Å²) in [6.45, 7) is 0.669. The number of H-pyrrole nitrogens is 1. The maximum Gasteiger partial charge on any atom is 0.251 e. The monoisotopic (exact) mass is 230 g/mol. The normalized spacial score (nSPS) is 19.0. The number of nitrogens with one attached hydrogen (secondary N) is 3. The van der Waals surface area contributed by atoms with Gasteiger partial charge in [0, 0.05) is 23.1 Å². The van der Waals surface area contributed by atoms with Crippen LogP contribution in [0.5, 0.6) is 0 Å². The van der Waals surface area contributed by atoms with Crippen LogP contribution in [0.25, 0.3) is 10.9 Å². The highest BCUT2D eigenvalue weighted by Crippen LogP contribution is 2.26.